The number of nitrogens with zero attached hydrogens (tertiary/aromatic N) is 5. The average molecular weight is 396 g/mol. The topological polar surface area (TPSA) is 37.2 Å². The molecular weight excluding hydrogens is 358 g/mol. The minimum atomic E-state index is 0.798. The fourth-order valence-corrected chi connectivity index (χ4v) is 5.26. The van der Waals surface area contributed by atoms with Crippen molar-refractivity contribution in [2.45, 2.75) is 70.5 Å². The fraction of sp³-hybridized carbons (Fsp3) is 0.667. The molecule has 0 spiro atoms. The minimum absolute atomic E-state index is 0.798. The first-order chi connectivity index (χ1) is 14.4. The van der Waals surface area contributed by atoms with Crippen molar-refractivity contribution in [2.75, 3.05) is 26.2 Å². The van der Waals surface area contributed by atoms with E-state index in [0.717, 1.165) is 38.0 Å². The molecule has 5 heteroatoms. The predicted octanol–water partition coefficient (Wildman–Crippen LogP) is 4.22. The second-order valence-electron chi connectivity index (χ2n) is 9.01. The molecule has 1 aliphatic heterocycles. The van der Waals surface area contributed by atoms with E-state index in [9.17, 15) is 0 Å². The second-order valence-corrected chi connectivity index (χ2v) is 9.01. The third kappa shape index (κ3) is 6.38. The predicted molar refractivity (Wildman–Crippen MR) is 118 cm³/mol. The number of likely N-dealkylation sites (tertiary alicyclic amines) is 1. The van der Waals surface area contributed by atoms with Crippen molar-refractivity contribution in [2.24, 2.45) is 5.92 Å². The Balaban J connectivity index is 1.32. The maximum Gasteiger partial charge on any atom is 0.0489 e. The molecule has 0 bridgehead atoms. The van der Waals surface area contributed by atoms with Crippen molar-refractivity contribution in [1.29, 1.82) is 0 Å². The zero-order valence-electron chi connectivity index (χ0n) is 17.8. The molecule has 2 aromatic rings. The molecule has 4 rings (SSSR count). The molecule has 0 amide bonds. The smallest absolute Gasteiger partial charge is 0.0489 e. The molecule has 5 nitrogen and oxygen atoms in total. The van der Waals surface area contributed by atoms with Crippen LogP contribution in [0.1, 0.15) is 56.9 Å². The van der Waals surface area contributed by atoms with E-state index in [0.29, 0.717) is 0 Å². The average Bonchev–Trinajstić information content (AvgIpc) is 3.29. The highest BCUT2D eigenvalue weighted by Crippen LogP contribution is 2.27. The SMILES string of the molecule is c1cncc(CN(CCCn2cccn2)C[C@H]2CCCN(C3CCCCC3)C2)c1. The summed E-state index contributed by atoms with van der Waals surface area (Å²) < 4.78 is 2.05. The molecule has 2 aromatic heterocycles. The summed E-state index contributed by atoms with van der Waals surface area (Å²) in [6.07, 6.45) is 18.9. The van der Waals surface area contributed by atoms with Crippen molar-refractivity contribution in [3.8, 4) is 0 Å². The van der Waals surface area contributed by atoms with Gasteiger partial charge in [0.25, 0.3) is 0 Å². The first-order valence-electron chi connectivity index (χ1n) is 11.7. The van der Waals surface area contributed by atoms with Gasteiger partial charge < -0.3 is 4.90 Å². The summed E-state index contributed by atoms with van der Waals surface area (Å²) in [7, 11) is 0. The molecular formula is C24H37N5. The molecule has 0 unspecified atom stereocenters. The second kappa shape index (κ2) is 10.9. The van der Waals surface area contributed by atoms with Gasteiger partial charge in [-0.1, -0.05) is 25.3 Å². The van der Waals surface area contributed by atoms with Crippen molar-refractivity contribution in [1.82, 2.24) is 24.6 Å². The summed E-state index contributed by atoms with van der Waals surface area (Å²) in [5, 5.41) is 4.36. The molecule has 1 atom stereocenters. The number of hydrogen-bond acceptors (Lipinski definition) is 4. The van der Waals surface area contributed by atoms with Crippen LogP contribution in [0.2, 0.25) is 0 Å². The van der Waals surface area contributed by atoms with Gasteiger partial charge in [-0.05, 0) is 62.3 Å². The first-order valence-corrected chi connectivity index (χ1v) is 11.7. The largest absolute Gasteiger partial charge is 0.300 e. The quantitative estimate of drug-likeness (QED) is 0.637. The fourth-order valence-electron chi connectivity index (χ4n) is 5.26. The Morgan fingerprint density at radius 2 is 1.97 bits per heavy atom. The number of aryl methyl sites for hydroxylation is 1. The number of aromatic nitrogens is 3. The summed E-state index contributed by atoms with van der Waals surface area (Å²) in [5.41, 5.74) is 1.33. The van der Waals surface area contributed by atoms with Gasteiger partial charge in [-0.2, -0.15) is 5.10 Å². The van der Waals surface area contributed by atoms with Gasteiger partial charge in [0.1, 0.15) is 0 Å². The highest BCUT2D eigenvalue weighted by molar-refractivity contribution is 5.08. The third-order valence-corrected chi connectivity index (χ3v) is 6.71. The lowest BCUT2D eigenvalue weighted by atomic mass is 9.90. The normalized spacial score (nSPS) is 21.6. The van der Waals surface area contributed by atoms with E-state index < -0.39 is 0 Å². The molecule has 3 heterocycles. The van der Waals surface area contributed by atoms with Gasteiger partial charge >= 0.3 is 0 Å². The maximum absolute atomic E-state index is 4.36. The highest BCUT2D eigenvalue weighted by Gasteiger charge is 2.27. The van der Waals surface area contributed by atoms with Gasteiger partial charge in [0.15, 0.2) is 0 Å². The molecule has 1 saturated carbocycles. The van der Waals surface area contributed by atoms with Crippen LogP contribution in [0, 0.1) is 5.92 Å². The molecule has 29 heavy (non-hydrogen) atoms. The Morgan fingerprint density at radius 3 is 2.76 bits per heavy atom. The van der Waals surface area contributed by atoms with E-state index in [4.69, 9.17) is 0 Å². The Hall–Kier alpha value is -1.72. The molecule has 0 N–H and O–H groups in total. The van der Waals surface area contributed by atoms with Crippen LogP contribution < -0.4 is 0 Å². The van der Waals surface area contributed by atoms with Gasteiger partial charge in [-0.15, -0.1) is 0 Å². The van der Waals surface area contributed by atoms with Crippen LogP contribution in [0.15, 0.2) is 43.0 Å². The van der Waals surface area contributed by atoms with Crippen LogP contribution in [0.4, 0.5) is 0 Å². The first kappa shape index (κ1) is 20.5. The van der Waals surface area contributed by atoms with E-state index in [-0.39, 0.29) is 0 Å². The Bertz CT molecular complexity index is 681. The molecule has 158 valence electrons. The summed E-state index contributed by atoms with van der Waals surface area (Å²) in [6.45, 7) is 6.95. The lowest BCUT2D eigenvalue weighted by Gasteiger charge is -2.41. The number of rotatable bonds is 9. The summed E-state index contributed by atoms with van der Waals surface area (Å²) in [6, 6.07) is 7.14. The molecule has 0 aromatic carbocycles. The van der Waals surface area contributed by atoms with Gasteiger partial charge in [0.2, 0.25) is 0 Å². The summed E-state index contributed by atoms with van der Waals surface area (Å²) >= 11 is 0. The molecule has 2 fully saturated rings. The van der Waals surface area contributed by atoms with Crippen molar-refractivity contribution < 1.29 is 0 Å². The standard InChI is InChI=1S/C24H37N5/c1-2-10-24(11-3-1)28-15-5-9-23(21-28)20-27(19-22-8-4-12-25-18-22)14-7-17-29-16-6-13-26-29/h4,6,8,12-13,16,18,23-24H,1-3,5,7,9-11,14-15,17,19-21H2/t23-/m1/s1. The minimum Gasteiger partial charge on any atom is -0.300 e. The van der Waals surface area contributed by atoms with Gasteiger partial charge in [-0.25, -0.2) is 0 Å². The van der Waals surface area contributed by atoms with E-state index in [1.165, 1.54) is 70.1 Å². The van der Waals surface area contributed by atoms with E-state index in [1.807, 2.05) is 29.3 Å². The number of pyridine rings is 1. The van der Waals surface area contributed by atoms with Crippen LogP contribution in [0.5, 0.6) is 0 Å². The van der Waals surface area contributed by atoms with Crippen LogP contribution >= 0.6 is 0 Å². The van der Waals surface area contributed by atoms with Crippen molar-refractivity contribution >= 4 is 0 Å². The lowest BCUT2D eigenvalue weighted by Crippen LogP contribution is -2.46. The molecule has 1 aliphatic carbocycles. The van der Waals surface area contributed by atoms with Crippen LogP contribution in [0.3, 0.4) is 0 Å². The summed E-state index contributed by atoms with van der Waals surface area (Å²) in [5.74, 6) is 0.798. The zero-order valence-corrected chi connectivity index (χ0v) is 17.8. The van der Waals surface area contributed by atoms with Crippen LogP contribution in [0.25, 0.3) is 0 Å². The van der Waals surface area contributed by atoms with Gasteiger partial charge in [-0.3, -0.25) is 14.6 Å². The van der Waals surface area contributed by atoms with Crippen molar-refractivity contribution in [3.05, 3.63) is 48.5 Å². The highest BCUT2D eigenvalue weighted by atomic mass is 15.3. The number of hydrogen-bond donors (Lipinski definition) is 0. The lowest BCUT2D eigenvalue weighted by molar-refractivity contribution is 0.0781. The van der Waals surface area contributed by atoms with Crippen molar-refractivity contribution in [3.63, 3.8) is 0 Å². The maximum atomic E-state index is 4.36. The van der Waals surface area contributed by atoms with E-state index in [1.54, 1.807) is 0 Å². The summed E-state index contributed by atoms with van der Waals surface area (Å²) in [4.78, 5) is 9.82. The van der Waals surface area contributed by atoms with Gasteiger partial charge in [0.05, 0.1) is 0 Å². The van der Waals surface area contributed by atoms with E-state index in [2.05, 4.69) is 38.2 Å². The Kier molecular flexibility index (Phi) is 7.71. The van der Waals surface area contributed by atoms with Crippen LogP contribution in [-0.2, 0) is 13.1 Å². The van der Waals surface area contributed by atoms with Crippen LogP contribution in [-0.4, -0.2) is 56.8 Å². The third-order valence-electron chi connectivity index (χ3n) is 6.71. The van der Waals surface area contributed by atoms with E-state index >= 15 is 0 Å². The Morgan fingerprint density at radius 1 is 1.03 bits per heavy atom. The molecule has 1 saturated heterocycles. The zero-order chi connectivity index (χ0) is 19.7. The number of piperidine rings is 1. The van der Waals surface area contributed by atoms with Gasteiger partial charge in [0, 0.05) is 63.6 Å². The molecule has 2 aliphatic rings. The molecule has 0 radical (unpaired) electrons. The monoisotopic (exact) mass is 395 g/mol. The Labute approximate surface area is 176 Å².